The average molecular weight is 223 g/mol. The largest absolute Gasteiger partial charge is 0.348 e. The smallest absolute Gasteiger partial charge is 0.339 e. The van der Waals surface area contributed by atoms with Crippen LogP contribution in [0.3, 0.4) is 0 Å². The second kappa shape index (κ2) is 4.13. The van der Waals surface area contributed by atoms with E-state index in [1.54, 1.807) is 0 Å². The summed E-state index contributed by atoms with van der Waals surface area (Å²) in [6.45, 7) is 0. The van der Waals surface area contributed by atoms with Crippen LogP contribution >= 0.6 is 0 Å². The summed E-state index contributed by atoms with van der Waals surface area (Å²) in [5.41, 5.74) is 0.559. The molecule has 1 aliphatic rings. The number of rotatable bonds is 3. The number of hydroxylamine groups is 2. The Labute approximate surface area is 90.4 Å². The first-order valence-corrected chi connectivity index (χ1v) is 4.70. The van der Waals surface area contributed by atoms with Crippen LogP contribution in [0.15, 0.2) is 12.5 Å². The van der Waals surface area contributed by atoms with E-state index in [0.717, 1.165) is 0 Å². The summed E-state index contributed by atoms with van der Waals surface area (Å²) in [5.74, 6) is -1.64. The van der Waals surface area contributed by atoms with Gasteiger partial charge in [-0.15, -0.1) is 5.06 Å². The van der Waals surface area contributed by atoms with E-state index in [0.29, 0.717) is 10.8 Å². The van der Waals surface area contributed by atoms with Crippen LogP contribution in [0.4, 0.5) is 0 Å². The summed E-state index contributed by atoms with van der Waals surface area (Å²) in [7, 11) is 0. The van der Waals surface area contributed by atoms with Gasteiger partial charge in [0.1, 0.15) is 0 Å². The van der Waals surface area contributed by atoms with Gasteiger partial charge >= 0.3 is 5.97 Å². The molecule has 84 valence electrons. The maximum Gasteiger partial charge on any atom is 0.339 e. The third-order valence-corrected chi connectivity index (χ3v) is 2.09. The standard InChI is InChI=1S/C9H9N3O4/c13-7-1-2-8(14)12(7)16-9(15)3-6-4-10-5-11-6/h4-5H,1-3H2,(H,10,11). The lowest BCUT2D eigenvalue weighted by Crippen LogP contribution is -2.32. The summed E-state index contributed by atoms with van der Waals surface area (Å²) in [6.07, 6.45) is 3.02. The molecule has 1 aliphatic heterocycles. The summed E-state index contributed by atoms with van der Waals surface area (Å²) >= 11 is 0. The van der Waals surface area contributed by atoms with Gasteiger partial charge in [0.2, 0.25) is 0 Å². The number of hydrogen-bond donors (Lipinski definition) is 1. The first kappa shape index (κ1) is 10.3. The molecule has 16 heavy (non-hydrogen) atoms. The van der Waals surface area contributed by atoms with Crippen molar-refractivity contribution < 1.29 is 19.2 Å². The number of imidazole rings is 1. The van der Waals surface area contributed by atoms with Gasteiger partial charge in [-0.2, -0.15) is 0 Å². The number of carbonyl (C=O) groups excluding carboxylic acids is 3. The van der Waals surface area contributed by atoms with Crippen molar-refractivity contribution in [2.75, 3.05) is 0 Å². The van der Waals surface area contributed by atoms with Crippen molar-refractivity contribution >= 4 is 17.8 Å². The Bertz CT molecular complexity index is 410. The normalized spacial score (nSPS) is 15.6. The number of aromatic nitrogens is 2. The van der Waals surface area contributed by atoms with E-state index in [9.17, 15) is 14.4 Å². The summed E-state index contributed by atoms with van der Waals surface area (Å²) < 4.78 is 0. The monoisotopic (exact) mass is 223 g/mol. The van der Waals surface area contributed by atoms with Gasteiger partial charge in [-0.3, -0.25) is 9.59 Å². The van der Waals surface area contributed by atoms with E-state index >= 15 is 0 Å². The Morgan fingerprint density at radius 1 is 1.44 bits per heavy atom. The van der Waals surface area contributed by atoms with Crippen LogP contribution in [0.1, 0.15) is 18.5 Å². The highest BCUT2D eigenvalue weighted by atomic mass is 16.7. The van der Waals surface area contributed by atoms with Crippen LogP contribution in [0.2, 0.25) is 0 Å². The summed E-state index contributed by atoms with van der Waals surface area (Å²) in [6, 6.07) is 0. The molecule has 0 unspecified atom stereocenters. The Balaban J connectivity index is 1.92. The van der Waals surface area contributed by atoms with Crippen LogP contribution < -0.4 is 0 Å². The first-order chi connectivity index (χ1) is 7.66. The molecular weight excluding hydrogens is 214 g/mol. The molecule has 0 bridgehead atoms. The fourth-order valence-electron chi connectivity index (χ4n) is 1.33. The van der Waals surface area contributed by atoms with E-state index in [1.807, 2.05) is 0 Å². The van der Waals surface area contributed by atoms with Crippen molar-refractivity contribution in [1.29, 1.82) is 0 Å². The first-order valence-electron chi connectivity index (χ1n) is 4.70. The zero-order valence-corrected chi connectivity index (χ0v) is 8.30. The molecule has 7 nitrogen and oxygen atoms in total. The Kier molecular flexibility index (Phi) is 2.67. The molecule has 7 heteroatoms. The number of carbonyl (C=O) groups is 3. The number of nitrogens with zero attached hydrogens (tertiary/aromatic N) is 2. The van der Waals surface area contributed by atoms with E-state index in [1.165, 1.54) is 12.5 Å². The van der Waals surface area contributed by atoms with Crippen molar-refractivity contribution in [1.82, 2.24) is 15.0 Å². The molecule has 1 aromatic heterocycles. The Hall–Kier alpha value is -2.18. The molecular formula is C9H9N3O4. The van der Waals surface area contributed by atoms with E-state index < -0.39 is 17.8 Å². The maximum absolute atomic E-state index is 11.3. The van der Waals surface area contributed by atoms with Gasteiger partial charge in [0.15, 0.2) is 0 Å². The molecule has 1 aromatic rings. The molecule has 2 heterocycles. The zero-order chi connectivity index (χ0) is 11.5. The van der Waals surface area contributed by atoms with Gasteiger partial charge in [0, 0.05) is 24.7 Å². The predicted octanol–water partition coefficient (Wildman–Crippen LogP) is -0.441. The minimum atomic E-state index is -0.673. The fraction of sp³-hybridized carbons (Fsp3) is 0.333. The van der Waals surface area contributed by atoms with Crippen LogP contribution in [0, 0.1) is 0 Å². The Morgan fingerprint density at radius 2 is 2.12 bits per heavy atom. The average Bonchev–Trinajstić information content (AvgIpc) is 2.83. The quantitative estimate of drug-likeness (QED) is 0.701. The number of amides is 2. The highest BCUT2D eigenvalue weighted by molar-refractivity contribution is 6.01. The van der Waals surface area contributed by atoms with Crippen molar-refractivity contribution in [3.05, 3.63) is 18.2 Å². The van der Waals surface area contributed by atoms with E-state index in [-0.39, 0.29) is 19.3 Å². The summed E-state index contributed by atoms with van der Waals surface area (Å²) in [5, 5.41) is 0.526. The lowest BCUT2D eigenvalue weighted by molar-refractivity contribution is -0.197. The molecule has 0 atom stereocenters. The van der Waals surface area contributed by atoms with Crippen LogP contribution in [0.5, 0.6) is 0 Å². The Morgan fingerprint density at radius 3 is 2.69 bits per heavy atom. The minimum absolute atomic E-state index is 0.0585. The predicted molar refractivity (Wildman–Crippen MR) is 49.5 cm³/mol. The molecule has 1 fully saturated rings. The number of hydrogen-bond acceptors (Lipinski definition) is 5. The van der Waals surface area contributed by atoms with Gasteiger partial charge in [0.25, 0.3) is 11.8 Å². The van der Waals surface area contributed by atoms with Gasteiger partial charge < -0.3 is 9.82 Å². The molecule has 2 rings (SSSR count). The fourth-order valence-corrected chi connectivity index (χ4v) is 1.33. The van der Waals surface area contributed by atoms with Crippen LogP contribution in [-0.2, 0) is 25.6 Å². The van der Waals surface area contributed by atoms with Crippen molar-refractivity contribution in [3.8, 4) is 0 Å². The number of aromatic amines is 1. The third kappa shape index (κ3) is 2.08. The molecule has 1 N–H and O–H groups in total. The van der Waals surface area contributed by atoms with Crippen molar-refractivity contribution in [3.63, 3.8) is 0 Å². The van der Waals surface area contributed by atoms with Gasteiger partial charge in [-0.25, -0.2) is 9.78 Å². The lowest BCUT2D eigenvalue weighted by atomic mass is 10.3. The highest BCUT2D eigenvalue weighted by Crippen LogP contribution is 2.12. The lowest BCUT2D eigenvalue weighted by Gasteiger charge is -2.11. The topological polar surface area (TPSA) is 92.4 Å². The molecule has 2 amide bonds. The van der Waals surface area contributed by atoms with Gasteiger partial charge in [-0.05, 0) is 0 Å². The molecule has 0 aliphatic carbocycles. The van der Waals surface area contributed by atoms with Gasteiger partial charge in [-0.1, -0.05) is 0 Å². The number of H-pyrrole nitrogens is 1. The number of imide groups is 1. The molecule has 0 spiro atoms. The number of nitrogens with one attached hydrogen (secondary N) is 1. The minimum Gasteiger partial charge on any atom is -0.348 e. The molecule has 0 aromatic carbocycles. The molecule has 0 saturated carbocycles. The van der Waals surface area contributed by atoms with Crippen molar-refractivity contribution in [2.45, 2.75) is 19.3 Å². The zero-order valence-electron chi connectivity index (χ0n) is 8.30. The van der Waals surface area contributed by atoms with Crippen molar-refractivity contribution in [2.24, 2.45) is 0 Å². The maximum atomic E-state index is 11.3. The van der Waals surface area contributed by atoms with E-state index in [4.69, 9.17) is 0 Å². The second-order valence-corrected chi connectivity index (χ2v) is 3.30. The molecule has 0 radical (unpaired) electrons. The van der Waals surface area contributed by atoms with Crippen LogP contribution in [-0.4, -0.2) is 32.8 Å². The highest BCUT2D eigenvalue weighted by Gasteiger charge is 2.32. The van der Waals surface area contributed by atoms with E-state index in [2.05, 4.69) is 14.8 Å². The second-order valence-electron chi connectivity index (χ2n) is 3.30. The van der Waals surface area contributed by atoms with Gasteiger partial charge in [0.05, 0.1) is 12.7 Å². The summed E-state index contributed by atoms with van der Waals surface area (Å²) in [4.78, 5) is 44.7. The third-order valence-electron chi connectivity index (χ3n) is 2.09. The molecule has 1 saturated heterocycles. The SMILES string of the molecule is O=C(Cc1cnc[nH]1)ON1C(=O)CCC1=O. The van der Waals surface area contributed by atoms with Crippen LogP contribution in [0.25, 0.3) is 0 Å².